The molecular weight excluding hydrogens is 483 g/mol. The van der Waals surface area contributed by atoms with E-state index in [9.17, 15) is 5.11 Å². The topological polar surface area (TPSA) is 59.9 Å². The Balaban J connectivity index is 0.00000280. The lowest BCUT2D eigenvalue weighted by atomic mass is 9.85. The lowest BCUT2D eigenvalue weighted by molar-refractivity contribution is 0.0131. The Bertz CT molecular complexity index is 589. The van der Waals surface area contributed by atoms with Crippen molar-refractivity contribution in [3.05, 3.63) is 22.4 Å². The molecule has 3 N–H and O–H groups in total. The van der Waals surface area contributed by atoms with Gasteiger partial charge in [0.25, 0.3) is 0 Å². The first-order valence-electron chi connectivity index (χ1n) is 10.6. The smallest absolute Gasteiger partial charge is 0.191 e. The molecule has 2 unspecified atom stereocenters. The zero-order chi connectivity index (χ0) is 19.1. The minimum absolute atomic E-state index is 0. The predicted molar refractivity (Wildman–Crippen MR) is 130 cm³/mol. The first-order valence-corrected chi connectivity index (χ1v) is 11.5. The Morgan fingerprint density at radius 2 is 2.07 bits per heavy atom. The molecule has 1 saturated heterocycles. The Hall–Kier alpha value is -0.380. The van der Waals surface area contributed by atoms with Crippen LogP contribution in [-0.4, -0.2) is 54.8 Å². The number of aliphatic imine (C=N–C) groups is 1. The summed E-state index contributed by atoms with van der Waals surface area (Å²) in [6, 6.07) is 4.91. The molecule has 0 aromatic carbocycles. The second-order valence-corrected chi connectivity index (χ2v) is 9.18. The van der Waals surface area contributed by atoms with Crippen molar-refractivity contribution in [3.63, 3.8) is 0 Å². The van der Waals surface area contributed by atoms with E-state index in [1.807, 2.05) is 11.3 Å². The van der Waals surface area contributed by atoms with Crippen molar-refractivity contribution < 1.29 is 5.11 Å². The lowest BCUT2D eigenvalue weighted by Gasteiger charge is -2.39. The van der Waals surface area contributed by atoms with Crippen LogP contribution >= 0.6 is 35.3 Å². The fraction of sp³-hybridized carbons (Fsp3) is 0.762. The van der Waals surface area contributed by atoms with E-state index in [0.717, 1.165) is 44.7 Å². The van der Waals surface area contributed by atoms with Crippen LogP contribution in [0.1, 0.15) is 62.8 Å². The number of likely N-dealkylation sites (tertiary alicyclic amines) is 1. The highest BCUT2D eigenvalue weighted by Crippen LogP contribution is 2.36. The third-order valence-corrected chi connectivity index (χ3v) is 6.98. The number of thiophene rings is 1. The number of hydrogen-bond donors (Lipinski definition) is 3. The van der Waals surface area contributed by atoms with Crippen molar-refractivity contribution in [1.82, 2.24) is 15.5 Å². The third kappa shape index (κ3) is 6.57. The number of aliphatic hydroxyl groups is 1. The van der Waals surface area contributed by atoms with Crippen LogP contribution in [0.25, 0.3) is 0 Å². The largest absolute Gasteiger partial charge is 0.388 e. The number of nitrogens with zero attached hydrogens (tertiary/aromatic N) is 2. The summed E-state index contributed by atoms with van der Waals surface area (Å²) in [5, 5.41) is 19.8. The highest BCUT2D eigenvalue weighted by molar-refractivity contribution is 14.0. The maximum absolute atomic E-state index is 10.7. The average molecular weight is 521 g/mol. The van der Waals surface area contributed by atoms with E-state index in [-0.39, 0.29) is 24.0 Å². The first-order chi connectivity index (χ1) is 13.1. The molecule has 2 fully saturated rings. The van der Waals surface area contributed by atoms with E-state index in [0.29, 0.717) is 18.5 Å². The van der Waals surface area contributed by atoms with Crippen molar-refractivity contribution in [1.29, 1.82) is 0 Å². The van der Waals surface area contributed by atoms with Gasteiger partial charge in [0, 0.05) is 24.0 Å². The van der Waals surface area contributed by atoms with Crippen LogP contribution in [0.15, 0.2) is 22.5 Å². The SMILES string of the molecule is CCNC(=NCC1(O)CCCCC1)NCC1CCCN(C)C1c1cccs1.I. The van der Waals surface area contributed by atoms with Crippen LogP contribution < -0.4 is 10.6 Å². The van der Waals surface area contributed by atoms with Gasteiger partial charge in [-0.05, 0) is 63.6 Å². The molecule has 7 heteroatoms. The molecule has 2 atom stereocenters. The van der Waals surface area contributed by atoms with Crippen molar-refractivity contribution in [2.24, 2.45) is 10.9 Å². The maximum atomic E-state index is 10.7. The number of nitrogens with one attached hydrogen (secondary N) is 2. The van der Waals surface area contributed by atoms with Crippen molar-refractivity contribution in [3.8, 4) is 0 Å². The minimum Gasteiger partial charge on any atom is -0.388 e. The number of halogens is 1. The van der Waals surface area contributed by atoms with E-state index < -0.39 is 5.60 Å². The van der Waals surface area contributed by atoms with Crippen molar-refractivity contribution in [2.45, 2.75) is 63.5 Å². The molecule has 1 aromatic heterocycles. The van der Waals surface area contributed by atoms with Gasteiger partial charge in [0.2, 0.25) is 0 Å². The van der Waals surface area contributed by atoms with Gasteiger partial charge in [-0.25, -0.2) is 0 Å². The molecule has 0 bridgehead atoms. The van der Waals surface area contributed by atoms with E-state index in [2.05, 4.69) is 47.0 Å². The quantitative estimate of drug-likeness (QED) is 0.302. The zero-order valence-corrected chi connectivity index (χ0v) is 20.5. The summed E-state index contributed by atoms with van der Waals surface area (Å²) in [5.41, 5.74) is -0.606. The molecule has 1 aromatic rings. The number of piperidine rings is 1. The van der Waals surface area contributed by atoms with Crippen LogP contribution in [0.2, 0.25) is 0 Å². The van der Waals surface area contributed by atoms with Gasteiger partial charge in [-0.1, -0.05) is 25.3 Å². The molecule has 2 aliphatic rings. The van der Waals surface area contributed by atoms with Crippen molar-refractivity contribution in [2.75, 3.05) is 33.2 Å². The summed E-state index contributed by atoms with van der Waals surface area (Å²) in [7, 11) is 2.24. The van der Waals surface area contributed by atoms with Gasteiger partial charge < -0.3 is 15.7 Å². The molecule has 0 spiro atoms. The summed E-state index contributed by atoms with van der Waals surface area (Å²) in [5.74, 6) is 1.42. The van der Waals surface area contributed by atoms with E-state index in [1.54, 1.807) is 0 Å². The fourth-order valence-electron chi connectivity index (χ4n) is 4.55. The molecule has 0 radical (unpaired) electrons. The molecule has 0 amide bonds. The van der Waals surface area contributed by atoms with Gasteiger partial charge in [0.15, 0.2) is 5.96 Å². The second kappa shape index (κ2) is 11.7. The van der Waals surface area contributed by atoms with E-state index in [4.69, 9.17) is 4.99 Å². The van der Waals surface area contributed by atoms with Gasteiger partial charge in [-0.2, -0.15) is 0 Å². The summed E-state index contributed by atoms with van der Waals surface area (Å²) in [6.07, 6.45) is 7.72. The van der Waals surface area contributed by atoms with E-state index >= 15 is 0 Å². The fourth-order valence-corrected chi connectivity index (χ4v) is 5.53. The second-order valence-electron chi connectivity index (χ2n) is 8.20. The molecule has 1 aliphatic heterocycles. The third-order valence-electron chi connectivity index (χ3n) is 6.03. The molecule has 160 valence electrons. The number of guanidine groups is 1. The lowest BCUT2D eigenvalue weighted by Crippen LogP contribution is -2.45. The Morgan fingerprint density at radius 3 is 2.75 bits per heavy atom. The summed E-state index contributed by atoms with van der Waals surface area (Å²) >= 11 is 1.86. The van der Waals surface area contributed by atoms with Crippen LogP contribution in [0.5, 0.6) is 0 Å². The Kier molecular flexibility index (Phi) is 10.00. The van der Waals surface area contributed by atoms with E-state index in [1.165, 1.54) is 30.7 Å². The normalized spacial score (nSPS) is 25.8. The standard InChI is InChI=1S/C21H36N4OS.HI/c1-3-22-20(24-16-21(26)11-5-4-6-12-21)23-15-17-9-7-13-25(2)19(17)18-10-8-14-27-18;/h8,10,14,17,19,26H,3-7,9,11-13,15-16H2,1-2H3,(H2,22,23,24);1H. The van der Waals surface area contributed by atoms with Gasteiger partial charge in [0.05, 0.1) is 12.1 Å². The molecule has 28 heavy (non-hydrogen) atoms. The van der Waals surface area contributed by atoms with Gasteiger partial charge >= 0.3 is 0 Å². The summed E-state index contributed by atoms with van der Waals surface area (Å²) in [4.78, 5) is 8.69. The minimum atomic E-state index is -0.606. The molecular formula is C21H37IN4OS. The average Bonchev–Trinajstić information content (AvgIpc) is 3.19. The highest BCUT2D eigenvalue weighted by atomic mass is 127. The molecule has 2 heterocycles. The van der Waals surface area contributed by atoms with Crippen LogP contribution in [0.3, 0.4) is 0 Å². The van der Waals surface area contributed by atoms with Crippen molar-refractivity contribution >= 4 is 41.3 Å². The van der Waals surface area contributed by atoms with Crippen LogP contribution in [0.4, 0.5) is 0 Å². The first kappa shape index (κ1) is 23.9. The molecule has 3 rings (SSSR count). The predicted octanol–water partition coefficient (Wildman–Crippen LogP) is 4.00. The molecule has 5 nitrogen and oxygen atoms in total. The maximum Gasteiger partial charge on any atom is 0.191 e. The van der Waals surface area contributed by atoms with Crippen LogP contribution in [0, 0.1) is 5.92 Å². The summed E-state index contributed by atoms with van der Waals surface area (Å²) in [6.45, 7) is 5.51. The van der Waals surface area contributed by atoms with Gasteiger partial charge in [-0.15, -0.1) is 35.3 Å². The molecule has 1 saturated carbocycles. The summed E-state index contributed by atoms with van der Waals surface area (Å²) < 4.78 is 0. The zero-order valence-electron chi connectivity index (χ0n) is 17.3. The monoisotopic (exact) mass is 520 g/mol. The molecule has 1 aliphatic carbocycles. The van der Waals surface area contributed by atoms with Gasteiger partial charge in [-0.3, -0.25) is 9.89 Å². The number of rotatable bonds is 6. The Labute approximate surface area is 191 Å². The Morgan fingerprint density at radius 1 is 1.29 bits per heavy atom. The van der Waals surface area contributed by atoms with Gasteiger partial charge in [0.1, 0.15) is 0 Å². The van der Waals surface area contributed by atoms with Crippen LogP contribution in [-0.2, 0) is 0 Å². The number of hydrogen-bond acceptors (Lipinski definition) is 4. The highest BCUT2D eigenvalue weighted by Gasteiger charge is 2.32.